The maximum absolute atomic E-state index is 13.2. The number of aromatic nitrogens is 1. The van der Waals surface area contributed by atoms with E-state index in [-0.39, 0.29) is 11.7 Å². The summed E-state index contributed by atoms with van der Waals surface area (Å²) in [6.45, 7) is 0.623. The minimum absolute atomic E-state index is 0.0452. The number of thioether (sulfide) groups is 1. The lowest BCUT2D eigenvalue weighted by Crippen LogP contribution is -2.14. The van der Waals surface area contributed by atoms with Gasteiger partial charge in [-0.05, 0) is 47.7 Å². The van der Waals surface area contributed by atoms with Crippen LogP contribution in [0.25, 0.3) is 10.9 Å². The van der Waals surface area contributed by atoms with E-state index < -0.39 is 0 Å². The van der Waals surface area contributed by atoms with Gasteiger partial charge in [-0.3, -0.25) is 4.79 Å². The van der Waals surface area contributed by atoms with E-state index in [0.717, 1.165) is 32.6 Å². The summed E-state index contributed by atoms with van der Waals surface area (Å²) in [5, 5.41) is 4.09. The molecule has 0 atom stereocenters. The van der Waals surface area contributed by atoms with Gasteiger partial charge in [0.05, 0.1) is 12.1 Å². The zero-order chi connectivity index (χ0) is 20.2. The molecule has 1 aromatic heterocycles. The van der Waals surface area contributed by atoms with Gasteiger partial charge in [-0.25, -0.2) is 4.39 Å². The summed E-state index contributed by atoms with van der Waals surface area (Å²) in [4.78, 5) is 13.8. The summed E-state index contributed by atoms with van der Waals surface area (Å²) in [6, 6.07) is 22.4. The van der Waals surface area contributed by atoms with Crippen LogP contribution >= 0.6 is 11.8 Å². The van der Waals surface area contributed by atoms with Crippen LogP contribution in [-0.4, -0.2) is 16.7 Å². The first-order valence-electron chi connectivity index (χ1n) is 9.38. The van der Waals surface area contributed by atoms with Gasteiger partial charge >= 0.3 is 0 Å². The van der Waals surface area contributed by atoms with Crippen molar-refractivity contribution in [1.29, 1.82) is 0 Å². The summed E-state index contributed by atoms with van der Waals surface area (Å²) in [7, 11) is 0. The molecule has 0 unspecified atom stereocenters. The molecule has 3 nitrogen and oxygen atoms in total. The Labute approximate surface area is 173 Å². The highest BCUT2D eigenvalue weighted by molar-refractivity contribution is 7.98. The Morgan fingerprint density at radius 3 is 2.52 bits per heavy atom. The Kier molecular flexibility index (Phi) is 5.67. The molecule has 0 fully saturated rings. The fourth-order valence-electron chi connectivity index (χ4n) is 3.50. The number of carbonyl (C=O) groups is 1. The number of nitrogens with one attached hydrogen (secondary N) is 1. The molecule has 29 heavy (non-hydrogen) atoms. The largest absolute Gasteiger partial charge is 0.343 e. The summed E-state index contributed by atoms with van der Waals surface area (Å²) in [5.41, 5.74) is 3.88. The molecule has 0 aliphatic heterocycles. The third-order valence-electron chi connectivity index (χ3n) is 4.87. The van der Waals surface area contributed by atoms with Gasteiger partial charge in [-0.15, -0.1) is 11.8 Å². The molecule has 5 heteroatoms. The van der Waals surface area contributed by atoms with Crippen molar-refractivity contribution < 1.29 is 9.18 Å². The van der Waals surface area contributed by atoms with Crippen molar-refractivity contribution in [1.82, 2.24) is 4.57 Å². The van der Waals surface area contributed by atoms with E-state index >= 15 is 0 Å². The first kappa shape index (κ1) is 19.3. The monoisotopic (exact) mass is 404 g/mol. The van der Waals surface area contributed by atoms with E-state index in [1.165, 1.54) is 12.1 Å². The lowest BCUT2D eigenvalue weighted by Gasteiger charge is -2.08. The van der Waals surface area contributed by atoms with E-state index in [2.05, 4.69) is 9.88 Å². The summed E-state index contributed by atoms with van der Waals surface area (Å²) in [5.74, 6) is -0.287. The predicted molar refractivity (Wildman–Crippen MR) is 118 cm³/mol. The van der Waals surface area contributed by atoms with Gasteiger partial charge in [0.2, 0.25) is 5.91 Å². The molecule has 146 valence electrons. The molecule has 0 spiro atoms. The smallest absolute Gasteiger partial charge is 0.228 e. The molecule has 3 aromatic carbocycles. The molecule has 0 saturated carbocycles. The van der Waals surface area contributed by atoms with Gasteiger partial charge in [0.25, 0.3) is 0 Å². The van der Waals surface area contributed by atoms with Crippen molar-refractivity contribution in [3.05, 3.63) is 95.9 Å². The SMILES string of the molecule is CSc1ccccc1NC(=O)Cc1cn(Cc2ccc(F)cc2)c2ccccc12. The number of benzene rings is 3. The van der Waals surface area contributed by atoms with Crippen LogP contribution in [-0.2, 0) is 17.8 Å². The van der Waals surface area contributed by atoms with E-state index in [0.29, 0.717) is 13.0 Å². The number of para-hydroxylation sites is 2. The van der Waals surface area contributed by atoms with Crippen LogP contribution in [0.1, 0.15) is 11.1 Å². The third-order valence-corrected chi connectivity index (χ3v) is 5.67. The van der Waals surface area contributed by atoms with Crippen LogP contribution in [0.2, 0.25) is 0 Å². The zero-order valence-corrected chi connectivity index (χ0v) is 16.9. The Balaban J connectivity index is 1.59. The quantitative estimate of drug-likeness (QED) is 0.416. The van der Waals surface area contributed by atoms with Crippen molar-refractivity contribution in [2.45, 2.75) is 17.9 Å². The van der Waals surface area contributed by atoms with Crippen LogP contribution in [0.4, 0.5) is 10.1 Å². The lowest BCUT2D eigenvalue weighted by molar-refractivity contribution is -0.115. The number of anilines is 1. The summed E-state index contributed by atoms with van der Waals surface area (Å²) in [6.07, 6.45) is 4.31. The minimum Gasteiger partial charge on any atom is -0.343 e. The fourth-order valence-corrected chi connectivity index (χ4v) is 4.05. The maximum atomic E-state index is 13.2. The Morgan fingerprint density at radius 2 is 1.72 bits per heavy atom. The van der Waals surface area contributed by atoms with Crippen LogP contribution in [0, 0.1) is 5.82 Å². The van der Waals surface area contributed by atoms with Crippen molar-refractivity contribution in [3.8, 4) is 0 Å². The first-order valence-corrected chi connectivity index (χ1v) is 10.6. The first-order chi connectivity index (χ1) is 14.1. The fraction of sp³-hybridized carbons (Fsp3) is 0.125. The molecular weight excluding hydrogens is 383 g/mol. The molecule has 0 bridgehead atoms. The zero-order valence-electron chi connectivity index (χ0n) is 16.1. The van der Waals surface area contributed by atoms with Gasteiger partial charge in [0, 0.05) is 28.5 Å². The molecule has 1 N–H and O–H groups in total. The van der Waals surface area contributed by atoms with E-state index in [4.69, 9.17) is 0 Å². The van der Waals surface area contributed by atoms with Crippen LogP contribution < -0.4 is 5.32 Å². The summed E-state index contributed by atoms with van der Waals surface area (Å²) < 4.78 is 15.3. The second-order valence-electron chi connectivity index (χ2n) is 6.85. The van der Waals surface area contributed by atoms with Crippen LogP contribution in [0.15, 0.2) is 83.9 Å². The molecule has 1 amide bonds. The number of nitrogens with zero attached hydrogens (tertiary/aromatic N) is 1. The average molecular weight is 405 g/mol. The highest BCUT2D eigenvalue weighted by atomic mass is 32.2. The molecule has 0 aliphatic rings. The molecule has 0 radical (unpaired) electrons. The number of halogens is 1. The van der Waals surface area contributed by atoms with Gasteiger partial charge < -0.3 is 9.88 Å². The van der Waals surface area contributed by atoms with Gasteiger partial charge in [0.1, 0.15) is 5.82 Å². The Bertz CT molecular complexity index is 1150. The molecule has 4 rings (SSSR count). The van der Waals surface area contributed by atoms with Gasteiger partial charge in [-0.1, -0.05) is 42.5 Å². The van der Waals surface area contributed by atoms with Crippen molar-refractivity contribution >= 4 is 34.3 Å². The second kappa shape index (κ2) is 8.53. The number of carbonyl (C=O) groups excluding carboxylic acids is 1. The standard InChI is InChI=1S/C24H21FN2OS/c1-29-23-9-5-3-7-21(23)26-24(28)14-18-16-27(22-8-4-2-6-20(18)22)15-17-10-12-19(25)13-11-17/h2-13,16H,14-15H2,1H3,(H,26,28). The molecule has 4 aromatic rings. The minimum atomic E-state index is -0.242. The predicted octanol–water partition coefficient (Wildman–Crippen LogP) is 5.73. The number of rotatable bonds is 6. The highest BCUT2D eigenvalue weighted by Gasteiger charge is 2.13. The molecular formula is C24H21FN2OS. The van der Waals surface area contributed by atoms with Crippen molar-refractivity contribution in [2.24, 2.45) is 0 Å². The number of hydrogen-bond acceptors (Lipinski definition) is 2. The van der Waals surface area contributed by atoms with Crippen molar-refractivity contribution in [2.75, 3.05) is 11.6 Å². The molecule has 0 aliphatic carbocycles. The van der Waals surface area contributed by atoms with Gasteiger partial charge in [0.15, 0.2) is 0 Å². The van der Waals surface area contributed by atoms with E-state index in [1.54, 1.807) is 23.9 Å². The number of hydrogen-bond donors (Lipinski definition) is 1. The van der Waals surface area contributed by atoms with Crippen molar-refractivity contribution in [3.63, 3.8) is 0 Å². The maximum Gasteiger partial charge on any atom is 0.228 e. The normalized spacial score (nSPS) is 11.0. The summed E-state index contributed by atoms with van der Waals surface area (Å²) >= 11 is 1.61. The second-order valence-corrected chi connectivity index (χ2v) is 7.70. The highest BCUT2D eigenvalue weighted by Crippen LogP contribution is 2.26. The van der Waals surface area contributed by atoms with Crippen LogP contribution in [0.3, 0.4) is 0 Å². The third kappa shape index (κ3) is 4.35. The van der Waals surface area contributed by atoms with Gasteiger partial charge in [-0.2, -0.15) is 0 Å². The number of amides is 1. The topological polar surface area (TPSA) is 34.0 Å². The Morgan fingerprint density at radius 1 is 1.00 bits per heavy atom. The molecule has 0 saturated heterocycles. The Hall–Kier alpha value is -3.05. The van der Waals surface area contributed by atoms with Crippen LogP contribution in [0.5, 0.6) is 0 Å². The van der Waals surface area contributed by atoms with E-state index in [9.17, 15) is 9.18 Å². The van der Waals surface area contributed by atoms with E-state index in [1.807, 2.05) is 61.0 Å². The average Bonchev–Trinajstić information content (AvgIpc) is 3.07. The molecule has 1 heterocycles. The number of fused-ring (bicyclic) bond motifs is 1. The lowest BCUT2D eigenvalue weighted by atomic mass is 10.1.